The molecule has 0 atom stereocenters. The first-order valence-electron chi connectivity index (χ1n) is 6.66. The van der Waals surface area contributed by atoms with Crippen LogP contribution in [0, 0.1) is 0 Å². The van der Waals surface area contributed by atoms with Crippen LogP contribution < -0.4 is 11.1 Å². The number of pyridine rings is 1. The maximum Gasteiger partial charge on any atom is 0.0934 e. The number of hydrogen-bond donors (Lipinski definition) is 2. The molecule has 0 bridgehead atoms. The van der Waals surface area contributed by atoms with Crippen LogP contribution in [0.4, 0.5) is 5.69 Å². The van der Waals surface area contributed by atoms with Crippen molar-refractivity contribution in [3.05, 3.63) is 36.0 Å². The SMILES string of the molecule is CN(C)CCNCCc1ccc2cccc(N)c2n1. The highest BCUT2D eigenvalue weighted by Gasteiger charge is 2.01. The van der Waals surface area contributed by atoms with Crippen molar-refractivity contribution in [1.82, 2.24) is 15.2 Å². The predicted octanol–water partition coefficient (Wildman–Crippen LogP) is 1.51. The van der Waals surface area contributed by atoms with Crippen molar-refractivity contribution in [2.75, 3.05) is 39.5 Å². The van der Waals surface area contributed by atoms with Gasteiger partial charge in [-0.15, -0.1) is 0 Å². The third kappa shape index (κ3) is 3.91. The highest BCUT2D eigenvalue weighted by atomic mass is 15.1. The minimum atomic E-state index is 0.750. The van der Waals surface area contributed by atoms with Crippen LogP contribution in [0.2, 0.25) is 0 Å². The van der Waals surface area contributed by atoms with E-state index in [4.69, 9.17) is 5.73 Å². The fourth-order valence-corrected chi connectivity index (χ4v) is 1.99. The number of benzene rings is 1. The Labute approximate surface area is 114 Å². The van der Waals surface area contributed by atoms with Gasteiger partial charge in [-0.05, 0) is 26.2 Å². The summed E-state index contributed by atoms with van der Waals surface area (Å²) in [5.74, 6) is 0. The van der Waals surface area contributed by atoms with Gasteiger partial charge in [0.25, 0.3) is 0 Å². The third-order valence-corrected chi connectivity index (χ3v) is 3.10. The Hall–Kier alpha value is -1.65. The summed E-state index contributed by atoms with van der Waals surface area (Å²) >= 11 is 0. The molecule has 0 unspecified atom stereocenters. The van der Waals surface area contributed by atoms with Crippen LogP contribution in [0.5, 0.6) is 0 Å². The van der Waals surface area contributed by atoms with Gasteiger partial charge in [0.15, 0.2) is 0 Å². The normalized spacial score (nSPS) is 11.3. The van der Waals surface area contributed by atoms with Gasteiger partial charge >= 0.3 is 0 Å². The summed E-state index contributed by atoms with van der Waals surface area (Å²) in [5, 5.41) is 4.52. The zero-order valence-corrected chi connectivity index (χ0v) is 11.7. The van der Waals surface area contributed by atoms with Crippen LogP contribution in [0.15, 0.2) is 30.3 Å². The topological polar surface area (TPSA) is 54.2 Å². The summed E-state index contributed by atoms with van der Waals surface area (Å²) in [6.07, 6.45) is 0.928. The lowest BCUT2D eigenvalue weighted by Gasteiger charge is -2.10. The van der Waals surface area contributed by atoms with Gasteiger partial charge in [-0.2, -0.15) is 0 Å². The van der Waals surface area contributed by atoms with Gasteiger partial charge in [-0.1, -0.05) is 18.2 Å². The van der Waals surface area contributed by atoms with Crippen molar-refractivity contribution in [3.8, 4) is 0 Å². The van der Waals surface area contributed by atoms with E-state index in [2.05, 4.69) is 41.4 Å². The molecular formula is C15H22N4. The average Bonchev–Trinajstić information content (AvgIpc) is 2.39. The maximum atomic E-state index is 5.95. The second-order valence-corrected chi connectivity index (χ2v) is 5.02. The van der Waals surface area contributed by atoms with E-state index in [1.165, 1.54) is 0 Å². The first-order chi connectivity index (χ1) is 9.16. The van der Waals surface area contributed by atoms with Gasteiger partial charge < -0.3 is 16.0 Å². The number of nitrogens with zero attached hydrogens (tertiary/aromatic N) is 2. The summed E-state index contributed by atoms with van der Waals surface area (Å²) < 4.78 is 0. The monoisotopic (exact) mass is 258 g/mol. The Kier molecular flexibility index (Phi) is 4.71. The number of hydrogen-bond acceptors (Lipinski definition) is 4. The van der Waals surface area contributed by atoms with E-state index >= 15 is 0 Å². The summed E-state index contributed by atoms with van der Waals surface area (Å²) in [7, 11) is 4.16. The van der Waals surface area contributed by atoms with Crippen LogP contribution >= 0.6 is 0 Å². The smallest absolute Gasteiger partial charge is 0.0934 e. The van der Waals surface area contributed by atoms with Gasteiger partial charge in [0.1, 0.15) is 0 Å². The van der Waals surface area contributed by atoms with E-state index in [1.54, 1.807) is 0 Å². The number of likely N-dealkylation sites (N-methyl/N-ethyl adjacent to an activating group) is 1. The predicted molar refractivity (Wildman–Crippen MR) is 81.3 cm³/mol. The first-order valence-corrected chi connectivity index (χ1v) is 6.66. The van der Waals surface area contributed by atoms with Crippen LogP contribution in [-0.4, -0.2) is 43.6 Å². The molecule has 19 heavy (non-hydrogen) atoms. The van der Waals surface area contributed by atoms with Crippen molar-refractivity contribution in [2.45, 2.75) is 6.42 Å². The lowest BCUT2D eigenvalue weighted by Crippen LogP contribution is -2.28. The second-order valence-electron chi connectivity index (χ2n) is 5.02. The average molecular weight is 258 g/mol. The maximum absolute atomic E-state index is 5.95. The second kappa shape index (κ2) is 6.50. The number of para-hydroxylation sites is 1. The largest absolute Gasteiger partial charge is 0.397 e. The zero-order chi connectivity index (χ0) is 13.7. The molecule has 3 N–H and O–H groups in total. The van der Waals surface area contributed by atoms with Crippen molar-refractivity contribution >= 4 is 16.6 Å². The molecule has 0 aliphatic heterocycles. The number of fused-ring (bicyclic) bond motifs is 1. The zero-order valence-electron chi connectivity index (χ0n) is 11.7. The van der Waals surface area contributed by atoms with Crippen molar-refractivity contribution < 1.29 is 0 Å². The minimum absolute atomic E-state index is 0.750. The van der Waals surface area contributed by atoms with E-state index < -0.39 is 0 Å². The fraction of sp³-hybridized carbons (Fsp3) is 0.400. The lowest BCUT2D eigenvalue weighted by atomic mass is 10.1. The third-order valence-electron chi connectivity index (χ3n) is 3.10. The van der Waals surface area contributed by atoms with Gasteiger partial charge in [-0.3, -0.25) is 4.98 Å². The summed E-state index contributed by atoms with van der Waals surface area (Å²) in [6, 6.07) is 10.1. The standard InChI is InChI=1S/C15H22N4/c1-19(2)11-10-17-9-8-13-7-6-12-4-3-5-14(16)15(12)18-13/h3-7,17H,8-11,16H2,1-2H3. The molecule has 0 fully saturated rings. The molecular weight excluding hydrogens is 236 g/mol. The number of nitrogen functional groups attached to an aromatic ring is 1. The van der Waals surface area contributed by atoms with Gasteiger partial charge in [0.05, 0.1) is 11.2 Å². The van der Waals surface area contributed by atoms with E-state index in [-0.39, 0.29) is 0 Å². The highest BCUT2D eigenvalue weighted by Crippen LogP contribution is 2.18. The lowest BCUT2D eigenvalue weighted by molar-refractivity contribution is 0.401. The number of aromatic nitrogens is 1. The molecule has 102 valence electrons. The first kappa shape index (κ1) is 13.8. The number of anilines is 1. The van der Waals surface area contributed by atoms with Gasteiger partial charge in [0.2, 0.25) is 0 Å². The molecule has 0 saturated carbocycles. The summed E-state index contributed by atoms with van der Waals surface area (Å²) in [6.45, 7) is 3.00. The van der Waals surface area contributed by atoms with E-state index in [1.807, 2.05) is 18.2 Å². The van der Waals surface area contributed by atoms with Crippen molar-refractivity contribution in [2.24, 2.45) is 0 Å². The van der Waals surface area contributed by atoms with Crippen molar-refractivity contribution in [1.29, 1.82) is 0 Å². The molecule has 0 amide bonds. The van der Waals surface area contributed by atoms with Crippen LogP contribution in [-0.2, 0) is 6.42 Å². The van der Waals surface area contributed by atoms with Crippen LogP contribution in [0.25, 0.3) is 10.9 Å². The van der Waals surface area contributed by atoms with Gasteiger partial charge in [0, 0.05) is 37.1 Å². The number of nitrogens with two attached hydrogens (primary N) is 1. The molecule has 0 spiro atoms. The molecule has 0 saturated heterocycles. The Morgan fingerprint density at radius 2 is 2.00 bits per heavy atom. The minimum Gasteiger partial charge on any atom is -0.397 e. The van der Waals surface area contributed by atoms with E-state index in [0.29, 0.717) is 0 Å². The Morgan fingerprint density at radius 3 is 2.79 bits per heavy atom. The Bertz CT molecular complexity index is 537. The summed E-state index contributed by atoms with van der Waals surface area (Å²) in [4.78, 5) is 6.80. The molecule has 4 heteroatoms. The van der Waals surface area contributed by atoms with E-state index in [9.17, 15) is 0 Å². The number of rotatable bonds is 6. The molecule has 0 radical (unpaired) electrons. The molecule has 1 heterocycles. The van der Waals surface area contributed by atoms with Crippen molar-refractivity contribution in [3.63, 3.8) is 0 Å². The van der Waals surface area contributed by atoms with Gasteiger partial charge in [-0.25, -0.2) is 0 Å². The molecule has 0 aliphatic carbocycles. The molecule has 2 aromatic rings. The molecule has 1 aromatic heterocycles. The molecule has 0 aliphatic rings. The van der Waals surface area contributed by atoms with Crippen LogP contribution in [0.3, 0.4) is 0 Å². The Balaban J connectivity index is 1.92. The molecule has 2 rings (SSSR count). The quantitative estimate of drug-likeness (QED) is 0.609. The summed E-state index contributed by atoms with van der Waals surface area (Å²) in [5.41, 5.74) is 8.70. The molecule has 1 aromatic carbocycles. The molecule has 4 nitrogen and oxygen atoms in total. The highest BCUT2D eigenvalue weighted by molar-refractivity contribution is 5.89. The fourth-order valence-electron chi connectivity index (χ4n) is 1.99. The van der Waals surface area contributed by atoms with Crippen LogP contribution in [0.1, 0.15) is 5.69 Å². The van der Waals surface area contributed by atoms with E-state index in [0.717, 1.165) is 48.3 Å². The number of nitrogens with one attached hydrogen (secondary N) is 1. The Morgan fingerprint density at radius 1 is 1.16 bits per heavy atom.